The zero-order chi connectivity index (χ0) is 6.91. The van der Waals surface area contributed by atoms with Crippen LogP contribution in [0.1, 0.15) is 26.2 Å². The Morgan fingerprint density at radius 3 is 2.56 bits per heavy atom. The van der Waals surface area contributed by atoms with Gasteiger partial charge in [-0.05, 0) is 33.2 Å². The van der Waals surface area contributed by atoms with Crippen LogP contribution in [-0.4, -0.2) is 18.6 Å². The molecule has 2 atom stereocenters. The first kappa shape index (κ1) is 7.03. The minimum atomic E-state index is 0.105. The van der Waals surface area contributed by atoms with Crippen LogP contribution < -0.4 is 11.1 Å². The van der Waals surface area contributed by atoms with Crippen molar-refractivity contribution >= 4 is 0 Å². The maximum Gasteiger partial charge on any atom is 0.0141 e. The molecule has 0 aromatic heterocycles. The van der Waals surface area contributed by atoms with Crippen molar-refractivity contribution in [2.24, 2.45) is 5.73 Å². The van der Waals surface area contributed by atoms with E-state index in [0.29, 0.717) is 6.04 Å². The average molecular weight is 128 g/mol. The Morgan fingerprint density at radius 2 is 2.33 bits per heavy atom. The Balaban J connectivity index is 2.38. The summed E-state index contributed by atoms with van der Waals surface area (Å²) in [7, 11) is 2.01. The molecular weight excluding hydrogens is 112 g/mol. The van der Waals surface area contributed by atoms with Gasteiger partial charge >= 0.3 is 0 Å². The summed E-state index contributed by atoms with van der Waals surface area (Å²) in [5, 5.41) is 3.24. The van der Waals surface area contributed by atoms with E-state index < -0.39 is 0 Å². The summed E-state index contributed by atoms with van der Waals surface area (Å²) in [6.45, 7) is 2.13. The summed E-state index contributed by atoms with van der Waals surface area (Å²) in [6.07, 6.45) is 3.53. The summed E-state index contributed by atoms with van der Waals surface area (Å²) in [4.78, 5) is 0. The maximum absolute atomic E-state index is 5.90. The molecule has 1 aliphatic carbocycles. The Labute approximate surface area is 56.8 Å². The zero-order valence-electron chi connectivity index (χ0n) is 6.28. The summed E-state index contributed by atoms with van der Waals surface area (Å²) >= 11 is 0. The first-order valence-electron chi connectivity index (χ1n) is 3.60. The molecular formula is C7H16N2. The van der Waals surface area contributed by atoms with E-state index in [1.807, 2.05) is 7.05 Å². The molecule has 3 N–H and O–H groups in total. The molecule has 0 aromatic carbocycles. The van der Waals surface area contributed by atoms with Gasteiger partial charge in [0.1, 0.15) is 0 Å². The fraction of sp³-hybridized carbons (Fsp3) is 1.00. The predicted octanol–water partition coefficient (Wildman–Crippen LogP) is 0.476. The van der Waals surface area contributed by atoms with Crippen molar-refractivity contribution < 1.29 is 0 Å². The highest BCUT2D eigenvalue weighted by Crippen LogP contribution is 2.26. The van der Waals surface area contributed by atoms with Gasteiger partial charge in [-0.3, -0.25) is 0 Å². The number of nitrogens with one attached hydrogen (secondary N) is 1. The van der Waals surface area contributed by atoms with Gasteiger partial charge in [-0.2, -0.15) is 0 Å². The SMILES string of the molecule is CN[C@@H]1CC[C@](C)(N)C1. The normalized spacial score (nSPS) is 43.7. The van der Waals surface area contributed by atoms with Gasteiger partial charge in [0.05, 0.1) is 0 Å². The highest BCUT2D eigenvalue weighted by molar-refractivity contribution is 4.92. The number of hydrogen-bond donors (Lipinski definition) is 2. The molecule has 1 aliphatic rings. The average Bonchev–Trinajstić information content (AvgIpc) is 2.10. The van der Waals surface area contributed by atoms with Crippen molar-refractivity contribution in [1.29, 1.82) is 0 Å². The zero-order valence-corrected chi connectivity index (χ0v) is 6.28. The van der Waals surface area contributed by atoms with Gasteiger partial charge in [0.2, 0.25) is 0 Å². The molecule has 0 unspecified atom stereocenters. The van der Waals surface area contributed by atoms with Crippen LogP contribution in [0.5, 0.6) is 0 Å². The van der Waals surface area contributed by atoms with Gasteiger partial charge in [0, 0.05) is 11.6 Å². The van der Waals surface area contributed by atoms with Crippen molar-refractivity contribution in [2.75, 3.05) is 7.05 Å². The third-order valence-electron chi connectivity index (χ3n) is 2.18. The van der Waals surface area contributed by atoms with E-state index in [1.54, 1.807) is 0 Å². The minimum Gasteiger partial charge on any atom is -0.325 e. The molecule has 1 saturated carbocycles. The van der Waals surface area contributed by atoms with E-state index in [2.05, 4.69) is 12.2 Å². The van der Waals surface area contributed by atoms with Crippen LogP contribution in [0.25, 0.3) is 0 Å². The van der Waals surface area contributed by atoms with E-state index in [-0.39, 0.29) is 5.54 Å². The molecule has 0 spiro atoms. The second-order valence-corrected chi connectivity index (χ2v) is 3.38. The molecule has 0 amide bonds. The van der Waals surface area contributed by atoms with Gasteiger partial charge in [-0.15, -0.1) is 0 Å². The third-order valence-corrected chi connectivity index (χ3v) is 2.18. The second kappa shape index (κ2) is 2.27. The van der Waals surface area contributed by atoms with E-state index >= 15 is 0 Å². The second-order valence-electron chi connectivity index (χ2n) is 3.38. The van der Waals surface area contributed by atoms with Gasteiger partial charge in [-0.25, -0.2) is 0 Å². The molecule has 1 fully saturated rings. The van der Waals surface area contributed by atoms with Crippen molar-refractivity contribution in [1.82, 2.24) is 5.32 Å². The smallest absolute Gasteiger partial charge is 0.0141 e. The lowest BCUT2D eigenvalue weighted by Crippen LogP contribution is -2.35. The summed E-state index contributed by atoms with van der Waals surface area (Å²) in [5.74, 6) is 0. The summed E-state index contributed by atoms with van der Waals surface area (Å²) in [5.41, 5.74) is 6.01. The van der Waals surface area contributed by atoms with Crippen molar-refractivity contribution in [3.8, 4) is 0 Å². The molecule has 0 bridgehead atoms. The maximum atomic E-state index is 5.90. The molecule has 0 radical (unpaired) electrons. The van der Waals surface area contributed by atoms with Crippen LogP contribution in [0.15, 0.2) is 0 Å². The van der Waals surface area contributed by atoms with Crippen LogP contribution in [0, 0.1) is 0 Å². The lowest BCUT2D eigenvalue weighted by atomic mass is 10.0. The lowest BCUT2D eigenvalue weighted by molar-refractivity contribution is 0.464. The molecule has 54 valence electrons. The van der Waals surface area contributed by atoms with Gasteiger partial charge in [0.25, 0.3) is 0 Å². The third kappa shape index (κ3) is 1.66. The Morgan fingerprint density at radius 1 is 1.67 bits per heavy atom. The molecule has 9 heavy (non-hydrogen) atoms. The predicted molar refractivity (Wildman–Crippen MR) is 39.3 cm³/mol. The Hall–Kier alpha value is -0.0800. The highest BCUT2D eigenvalue weighted by Gasteiger charge is 2.29. The Kier molecular flexibility index (Phi) is 1.78. The van der Waals surface area contributed by atoms with Crippen LogP contribution in [0.2, 0.25) is 0 Å². The molecule has 1 rings (SSSR count). The van der Waals surface area contributed by atoms with Gasteiger partial charge < -0.3 is 11.1 Å². The van der Waals surface area contributed by atoms with Crippen LogP contribution in [0.3, 0.4) is 0 Å². The van der Waals surface area contributed by atoms with Crippen molar-refractivity contribution in [2.45, 2.75) is 37.8 Å². The number of rotatable bonds is 1. The minimum absolute atomic E-state index is 0.105. The Bertz CT molecular complexity index is 99.1. The van der Waals surface area contributed by atoms with Crippen LogP contribution in [0.4, 0.5) is 0 Å². The molecule has 2 heteroatoms. The highest BCUT2D eigenvalue weighted by atomic mass is 14.9. The van der Waals surface area contributed by atoms with E-state index in [9.17, 15) is 0 Å². The van der Waals surface area contributed by atoms with Gasteiger partial charge in [-0.1, -0.05) is 0 Å². The standard InChI is InChI=1S/C7H16N2/c1-7(8)4-3-6(5-7)9-2/h6,9H,3-5,8H2,1-2H3/t6-,7+/m1/s1. The molecule has 0 heterocycles. The monoisotopic (exact) mass is 128 g/mol. The number of nitrogens with two attached hydrogens (primary N) is 1. The summed E-state index contributed by atoms with van der Waals surface area (Å²) < 4.78 is 0. The van der Waals surface area contributed by atoms with E-state index in [0.717, 1.165) is 6.42 Å². The van der Waals surface area contributed by atoms with Gasteiger partial charge in [0.15, 0.2) is 0 Å². The van der Waals surface area contributed by atoms with Crippen LogP contribution in [-0.2, 0) is 0 Å². The molecule has 0 aliphatic heterocycles. The fourth-order valence-corrected chi connectivity index (χ4v) is 1.52. The van der Waals surface area contributed by atoms with Crippen molar-refractivity contribution in [3.05, 3.63) is 0 Å². The topological polar surface area (TPSA) is 38.0 Å². The largest absolute Gasteiger partial charge is 0.325 e. The van der Waals surface area contributed by atoms with Crippen molar-refractivity contribution in [3.63, 3.8) is 0 Å². The molecule has 0 saturated heterocycles. The van der Waals surface area contributed by atoms with E-state index in [1.165, 1.54) is 12.8 Å². The summed E-state index contributed by atoms with van der Waals surface area (Å²) in [6, 6.07) is 0.667. The molecule has 0 aromatic rings. The first-order chi connectivity index (χ1) is 4.14. The lowest BCUT2D eigenvalue weighted by Gasteiger charge is -2.16. The molecule has 2 nitrogen and oxygen atoms in total. The quantitative estimate of drug-likeness (QED) is 0.539. The number of hydrogen-bond acceptors (Lipinski definition) is 2. The fourth-order valence-electron chi connectivity index (χ4n) is 1.52. The van der Waals surface area contributed by atoms with Crippen LogP contribution >= 0.6 is 0 Å². The first-order valence-corrected chi connectivity index (χ1v) is 3.60. The van der Waals surface area contributed by atoms with E-state index in [4.69, 9.17) is 5.73 Å².